The van der Waals surface area contributed by atoms with Crippen LogP contribution in [0.25, 0.3) is 0 Å². The van der Waals surface area contributed by atoms with Gasteiger partial charge in [0.1, 0.15) is 5.75 Å². The van der Waals surface area contributed by atoms with E-state index in [0.717, 1.165) is 12.1 Å². The maximum Gasteiger partial charge on any atom is 0.255 e. The van der Waals surface area contributed by atoms with Crippen LogP contribution in [0.2, 0.25) is 0 Å². The minimum atomic E-state index is -0.918. The van der Waals surface area contributed by atoms with Crippen LogP contribution in [-0.4, -0.2) is 13.0 Å². The number of hydrogen-bond acceptors (Lipinski definition) is 3. The largest absolute Gasteiger partial charge is 0.497 e. The van der Waals surface area contributed by atoms with Gasteiger partial charge in [-0.05, 0) is 60.7 Å². The van der Waals surface area contributed by atoms with E-state index in [-0.39, 0.29) is 5.91 Å². The normalized spacial score (nSPS) is 10.3. The zero-order chi connectivity index (χ0) is 18.5. The number of nitrogens with one attached hydrogen (secondary N) is 2. The van der Waals surface area contributed by atoms with Crippen LogP contribution in [0.1, 0.15) is 10.4 Å². The third-order valence-electron chi connectivity index (χ3n) is 3.70. The van der Waals surface area contributed by atoms with Crippen molar-refractivity contribution in [2.75, 3.05) is 17.7 Å². The Balaban J connectivity index is 1.65. The second kappa shape index (κ2) is 7.65. The van der Waals surface area contributed by atoms with Gasteiger partial charge in [0.15, 0.2) is 11.6 Å². The summed E-state index contributed by atoms with van der Waals surface area (Å²) in [6.45, 7) is 0. The molecule has 0 unspecified atom stereocenters. The summed E-state index contributed by atoms with van der Waals surface area (Å²) in [5, 5.41) is 5.75. The maximum absolute atomic E-state index is 13.2. The predicted octanol–water partition coefficient (Wildman–Crippen LogP) is 4.97. The number of halogens is 2. The van der Waals surface area contributed by atoms with Gasteiger partial charge in [-0.25, -0.2) is 8.78 Å². The maximum atomic E-state index is 13.2. The van der Waals surface area contributed by atoms with Crippen molar-refractivity contribution in [1.82, 2.24) is 0 Å². The lowest BCUT2D eigenvalue weighted by atomic mass is 10.2. The molecule has 0 fully saturated rings. The third kappa shape index (κ3) is 4.16. The molecule has 3 rings (SSSR count). The molecule has 1 amide bonds. The molecule has 0 spiro atoms. The second-order valence-corrected chi connectivity index (χ2v) is 5.51. The second-order valence-electron chi connectivity index (χ2n) is 5.51. The topological polar surface area (TPSA) is 50.4 Å². The Hall–Kier alpha value is -3.41. The van der Waals surface area contributed by atoms with Gasteiger partial charge in [-0.15, -0.1) is 0 Å². The first kappa shape index (κ1) is 17.4. The van der Waals surface area contributed by atoms with E-state index in [4.69, 9.17) is 4.74 Å². The average Bonchev–Trinajstić information content (AvgIpc) is 2.66. The van der Waals surface area contributed by atoms with E-state index in [0.29, 0.717) is 28.4 Å². The Bertz CT molecular complexity index is 910. The summed E-state index contributed by atoms with van der Waals surface area (Å²) >= 11 is 0. The molecule has 0 aromatic heterocycles. The molecule has 3 aromatic carbocycles. The first-order valence-corrected chi connectivity index (χ1v) is 7.83. The summed E-state index contributed by atoms with van der Waals surface area (Å²) in [6, 6.07) is 17.2. The number of amides is 1. The SMILES string of the molecule is COc1ccc(C(=O)Nc2ccc(Nc3ccc(F)c(F)c3)cc2)cc1. The van der Waals surface area contributed by atoms with E-state index >= 15 is 0 Å². The predicted molar refractivity (Wildman–Crippen MR) is 97.0 cm³/mol. The molecular formula is C20H16F2N2O2. The Morgan fingerprint density at radius 1 is 0.808 bits per heavy atom. The fraction of sp³-hybridized carbons (Fsp3) is 0.0500. The molecule has 0 saturated carbocycles. The number of rotatable bonds is 5. The van der Waals surface area contributed by atoms with Crippen LogP contribution in [0.4, 0.5) is 25.8 Å². The molecule has 0 aliphatic heterocycles. The summed E-state index contributed by atoms with van der Waals surface area (Å²) in [4.78, 5) is 12.2. The molecule has 0 atom stereocenters. The Morgan fingerprint density at radius 2 is 1.42 bits per heavy atom. The number of methoxy groups -OCH3 is 1. The lowest BCUT2D eigenvalue weighted by Crippen LogP contribution is -2.11. The van der Waals surface area contributed by atoms with Crippen molar-refractivity contribution >= 4 is 23.0 Å². The highest BCUT2D eigenvalue weighted by molar-refractivity contribution is 6.04. The standard InChI is InChI=1S/C20H16F2N2O2/c1-26-17-9-2-13(3-10-17)20(25)24-15-6-4-14(5-7-15)23-16-8-11-18(21)19(22)12-16/h2-12,23H,1H3,(H,24,25). The quantitative estimate of drug-likeness (QED) is 0.680. The van der Waals surface area contributed by atoms with Crippen LogP contribution < -0.4 is 15.4 Å². The molecule has 26 heavy (non-hydrogen) atoms. The van der Waals surface area contributed by atoms with Crippen molar-refractivity contribution in [3.63, 3.8) is 0 Å². The molecule has 0 aliphatic carbocycles. The van der Waals surface area contributed by atoms with Crippen LogP contribution in [0.3, 0.4) is 0 Å². The van der Waals surface area contributed by atoms with Gasteiger partial charge >= 0.3 is 0 Å². The monoisotopic (exact) mass is 354 g/mol. The summed E-state index contributed by atoms with van der Waals surface area (Å²) in [7, 11) is 1.56. The first-order valence-electron chi connectivity index (χ1n) is 7.83. The highest BCUT2D eigenvalue weighted by Gasteiger charge is 2.07. The zero-order valence-corrected chi connectivity index (χ0v) is 13.9. The van der Waals surface area contributed by atoms with E-state index in [1.807, 2.05) is 0 Å². The number of carbonyl (C=O) groups is 1. The summed E-state index contributed by atoms with van der Waals surface area (Å²) in [6.07, 6.45) is 0. The van der Waals surface area contributed by atoms with Gasteiger partial charge in [0, 0.05) is 28.7 Å². The van der Waals surface area contributed by atoms with Gasteiger partial charge in [-0.3, -0.25) is 4.79 Å². The molecule has 0 saturated heterocycles. The van der Waals surface area contributed by atoms with Crippen LogP contribution >= 0.6 is 0 Å². The Labute approximate surface area is 149 Å². The lowest BCUT2D eigenvalue weighted by molar-refractivity contribution is 0.102. The fourth-order valence-corrected chi connectivity index (χ4v) is 2.32. The minimum Gasteiger partial charge on any atom is -0.497 e. The van der Waals surface area contributed by atoms with Crippen molar-refractivity contribution in [3.8, 4) is 5.75 Å². The molecule has 0 bridgehead atoms. The molecular weight excluding hydrogens is 338 g/mol. The molecule has 6 heteroatoms. The highest BCUT2D eigenvalue weighted by atomic mass is 19.2. The third-order valence-corrected chi connectivity index (χ3v) is 3.70. The molecule has 3 aromatic rings. The Morgan fingerprint density at radius 3 is 2.04 bits per heavy atom. The van der Waals surface area contributed by atoms with Crippen LogP contribution in [0.15, 0.2) is 66.7 Å². The van der Waals surface area contributed by atoms with E-state index < -0.39 is 11.6 Å². The molecule has 4 nitrogen and oxygen atoms in total. The van der Waals surface area contributed by atoms with Crippen LogP contribution in [0, 0.1) is 11.6 Å². The van der Waals surface area contributed by atoms with Crippen LogP contribution in [0.5, 0.6) is 5.75 Å². The van der Waals surface area contributed by atoms with E-state index in [9.17, 15) is 13.6 Å². The summed E-state index contributed by atoms with van der Waals surface area (Å²) in [5.41, 5.74) is 2.23. The van der Waals surface area contributed by atoms with Gasteiger partial charge in [-0.1, -0.05) is 0 Å². The first-order chi connectivity index (χ1) is 12.5. The number of anilines is 3. The van der Waals surface area contributed by atoms with Crippen molar-refractivity contribution < 1.29 is 18.3 Å². The van der Waals surface area contributed by atoms with Crippen molar-refractivity contribution in [1.29, 1.82) is 0 Å². The van der Waals surface area contributed by atoms with Crippen molar-refractivity contribution in [3.05, 3.63) is 83.9 Å². The number of hydrogen-bond donors (Lipinski definition) is 2. The van der Waals surface area contributed by atoms with E-state index in [1.54, 1.807) is 55.6 Å². The Kier molecular flexibility index (Phi) is 5.12. The smallest absolute Gasteiger partial charge is 0.255 e. The highest BCUT2D eigenvalue weighted by Crippen LogP contribution is 2.21. The number of carbonyl (C=O) groups excluding carboxylic acids is 1. The van der Waals surface area contributed by atoms with Gasteiger partial charge < -0.3 is 15.4 Å². The van der Waals surface area contributed by atoms with Crippen molar-refractivity contribution in [2.24, 2.45) is 0 Å². The lowest BCUT2D eigenvalue weighted by Gasteiger charge is -2.09. The van der Waals surface area contributed by atoms with E-state index in [1.165, 1.54) is 6.07 Å². The number of ether oxygens (including phenoxy) is 1. The van der Waals surface area contributed by atoms with Crippen molar-refractivity contribution in [2.45, 2.75) is 0 Å². The minimum absolute atomic E-state index is 0.242. The van der Waals surface area contributed by atoms with Crippen LogP contribution in [-0.2, 0) is 0 Å². The average molecular weight is 354 g/mol. The fourth-order valence-electron chi connectivity index (χ4n) is 2.32. The molecule has 0 radical (unpaired) electrons. The van der Waals surface area contributed by atoms with E-state index in [2.05, 4.69) is 10.6 Å². The molecule has 132 valence electrons. The summed E-state index contributed by atoms with van der Waals surface area (Å²) < 4.78 is 31.2. The van der Waals surface area contributed by atoms with Gasteiger partial charge in [0.25, 0.3) is 5.91 Å². The number of benzene rings is 3. The molecule has 0 heterocycles. The van der Waals surface area contributed by atoms with Gasteiger partial charge in [0.05, 0.1) is 7.11 Å². The zero-order valence-electron chi connectivity index (χ0n) is 13.9. The molecule has 0 aliphatic rings. The molecule has 2 N–H and O–H groups in total. The van der Waals surface area contributed by atoms with Gasteiger partial charge in [0.2, 0.25) is 0 Å². The summed E-state index contributed by atoms with van der Waals surface area (Å²) in [5.74, 6) is -1.38. The van der Waals surface area contributed by atoms with Gasteiger partial charge in [-0.2, -0.15) is 0 Å².